The molecule has 0 radical (unpaired) electrons. The molecule has 1 heterocycles. The molecule has 4 nitrogen and oxygen atoms in total. The zero-order valence-electron chi connectivity index (χ0n) is 8.26. The van der Waals surface area contributed by atoms with Crippen molar-refractivity contribution in [2.75, 3.05) is 33.5 Å². The van der Waals surface area contributed by atoms with Gasteiger partial charge >= 0.3 is 0 Å². The molecule has 0 saturated carbocycles. The number of ether oxygens (including phenoxy) is 2. The van der Waals surface area contributed by atoms with E-state index in [0.717, 1.165) is 6.42 Å². The summed E-state index contributed by atoms with van der Waals surface area (Å²) >= 11 is 0. The molecule has 1 rings (SSSR count). The van der Waals surface area contributed by atoms with Crippen molar-refractivity contribution in [1.82, 2.24) is 5.32 Å². The Morgan fingerprint density at radius 3 is 2.69 bits per heavy atom. The first-order chi connectivity index (χ1) is 6.25. The lowest BCUT2D eigenvalue weighted by Gasteiger charge is -2.38. The molecule has 0 aromatic carbocycles. The Hall–Kier alpha value is -0.610. The van der Waals surface area contributed by atoms with Gasteiger partial charge in [0.15, 0.2) is 0 Å². The van der Waals surface area contributed by atoms with Crippen molar-refractivity contribution in [3.63, 3.8) is 0 Å². The highest BCUT2D eigenvalue weighted by molar-refractivity contribution is 5.83. The third-order valence-corrected chi connectivity index (χ3v) is 2.51. The largest absolute Gasteiger partial charge is 0.383 e. The molecule has 1 amide bonds. The second-order valence-electron chi connectivity index (χ2n) is 3.38. The van der Waals surface area contributed by atoms with E-state index in [1.54, 1.807) is 7.11 Å². The number of nitrogens with one attached hydrogen (secondary N) is 1. The van der Waals surface area contributed by atoms with Crippen LogP contribution in [0.3, 0.4) is 0 Å². The zero-order valence-corrected chi connectivity index (χ0v) is 8.26. The Balaban J connectivity index is 2.28. The number of methoxy groups -OCH3 is 1. The minimum absolute atomic E-state index is 0.0956. The summed E-state index contributed by atoms with van der Waals surface area (Å²) in [7, 11) is 1.62. The first-order valence-electron chi connectivity index (χ1n) is 4.60. The fourth-order valence-corrected chi connectivity index (χ4v) is 1.30. The maximum absolute atomic E-state index is 11.6. The maximum atomic E-state index is 11.6. The lowest BCUT2D eigenvalue weighted by atomic mass is 9.82. The van der Waals surface area contributed by atoms with E-state index < -0.39 is 0 Å². The molecule has 0 atom stereocenters. The average Bonchev–Trinajstić information content (AvgIpc) is 2.04. The topological polar surface area (TPSA) is 47.6 Å². The summed E-state index contributed by atoms with van der Waals surface area (Å²) in [6.07, 6.45) is 0.839. The van der Waals surface area contributed by atoms with Crippen LogP contribution in [0.25, 0.3) is 0 Å². The quantitative estimate of drug-likeness (QED) is 0.624. The maximum Gasteiger partial charge on any atom is 0.230 e. The smallest absolute Gasteiger partial charge is 0.230 e. The lowest BCUT2D eigenvalue weighted by Crippen LogP contribution is -2.54. The molecular weight excluding hydrogens is 170 g/mol. The summed E-state index contributed by atoms with van der Waals surface area (Å²) in [5, 5.41) is 2.83. The molecule has 1 aliphatic rings. The number of carbonyl (C=O) groups is 1. The third kappa shape index (κ3) is 2.19. The Kier molecular flexibility index (Phi) is 3.69. The van der Waals surface area contributed by atoms with E-state index in [1.165, 1.54) is 0 Å². The van der Waals surface area contributed by atoms with E-state index in [2.05, 4.69) is 5.32 Å². The predicted molar refractivity (Wildman–Crippen MR) is 48.4 cm³/mol. The second kappa shape index (κ2) is 4.58. The number of hydrogen-bond acceptors (Lipinski definition) is 3. The minimum atomic E-state index is -0.256. The summed E-state index contributed by atoms with van der Waals surface area (Å²) in [4.78, 5) is 11.6. The summed E-state index contributed by atoms with van der Waals surface area (Å²) in [5.74, 6) is 0.0956. The molecule has 1 fully saturated rings. The molecule has 1 saturated heterocycles. The first kappa shape index (κ1) is 10.5. The van der Waals surface area contributed by atoms with Gasteiger partial charge in [-0.15, -0.1) is 0 Å². The molecule has 76 valence electrons. The van der Waals surface area contributed by atoms with Crippen LogP contribution < -0.4 is 5.32 Å². The fourth-order valence-electron chi connectivity index (χ4n) is 1.30. The fraction of sp³-hybridized carbons (Fsp3) is 0.889. The van der Waals surface area contributed by atoms with E-state index >= 15 is 0 Å². The minimum Gasteiger partial charge on any atom is -0.383 e. The third-order valence-electron chi connectivity index (χ3n) is 2.51. The molecule has 1 aliphatic heterocycles. The zero-order chi connectivity index (χ0) is 9.73. The van der Waals surface area contributed by atoms with Gasteiger partial charge in [0.1, 0.15) is 0 Å². The standard InChI is InChI=1S/C9H17NO3/c1-3-9(6-13-7-9)8(11)10-4-5-12-2/h3-7H2,1-2H3,(H,10,11). The van der Waals surface area contributed by atoms with Crippen LogP contribution in [0.5, 0.6) is 0 Å². The molecule has 0 unspecified atom stereocenters. The van der Waals surface area contributed by atoms with Gasteiger partial charge in [0, 0.05) is 13.7 Å². The van der Waals surface area contributed by atoms with Crippen molar-refractivity contribution in [1.29, 1.82) is 0 Å². The molecule has 0 aliphatic carbocycles. The van der Waals surface area contributed by atoms with Crippen LogP contribution in [0.2, 0.25) is 0 Å². The number of hydrogen-bond donors (Lipinski definition) is 1. The van der Waals surface area contributed by atoms with Gasteiger partial charge < -0.3 is 14.8 Å². The van der Waals surface area contributed by atoms with E-state index in [9.17, 15) is 4.79 Å². The van der Waals surface area contributed by atoms with Crippen molar-refractivity contribution in [2.24, 2.45) is 5.41 Å². The van der Waals surface area contributed by atoms with Gasteiger partial charge in [-0.05, 0) is 6.42 Å². The van der Waals surface area contributed by atoms with Gasteiger partial charge in [0.2, 0.25) is 5.91 Å². The highest BCUT2D eigenvalue weighted by Crippen LogP contribution is 2.31. The van der Waals surface area contributed by atoms with Crippen molar-refractivity contribution in [3.05, 3.63) is 0 Å². The number of rotatable bonds is 5. The molecule has 0 aromatic rings. The molecule has 0 bridgehead atoms. The van der Waals surface area contributed by atoms with Crippen molar-refractivity contribution in [3.8, 4) is 0 Å². The Bertz CT molecular complexity index is 172. The van der Waals surface area contributed by atoms with Crippen LogP contribution in [0.15, 0.2) is 0 Å². The molecule has 4 heteroatoms. The highest BCUT2D eigenvalue weighted by atomic mass is 16.5. The summed E-state index contributed by atoms with van der Waals surface area (Å²) in [6, 6.07) is 0. The summed E-state index contributed by atoms with van der Waals surface area (Å²) < 4.78 is 9.91. The monoisotopic (exact) mass is 187 g/mol. The van der Waals surface area contributed by atoms with E-state index in [0.29, 0.717) is 26.4 Å². The van der Waals surface area contributed by atoms with Crippen LogP contribution in [0.1, 0.15) is 13.3 Å². The Labute approximate surface area is 78.6 Å². The average molecular weight is 187 g/mol. The molecule has 0 aromatic heterocycles. The van der Waals surface area contributed by atoms with Crippen molar-refractivity contribution >= 4 is 5.91 Å². The van der Waals surface area contributed by atoms with Gasteiger partial charge in [-0.25, -0.2) is 0 Å². The molecule has 0 spiro atoms. The van der Waals surface area contributed by atoms with Crippen LogP contribution in [0.4, 0.5) is 0 Å². The van der Waals surface area contributed by atoms with Crippen LogP contribution in [-0.4, -0.2) is 39.4 Å². The van der Waals surface area contributed by atoms with E-state index in [-0.39, 0.29) is 11.3 Å². The van der Waals surface area contributed by atoms with Crippen molar-refractivity contribution < 1.29 is 14.3 Å². The lowest BCUT2D eigenvalue weighted by molar-refractivity contribution is -0.162. The normalized spacial score (nSPS) is 19.2. The summed E-state index contributed by atoms with van der Waals surface area (Å²) in [6.45, 7) is 4.27. The van der Waals surface area contributed by atoms with Crippen LogP contribution in [0, 0.1) is 5.41 Å². The Morgan fingerprint density at radius 1 is 1.62 bits per heavy atom. The molecular formula is C9H17NO3. The van der Waals surface area contributed by atoms with Gasteiger partial charge in [0.05, 0.1) is 25.2 Å². The van der Waals surface area contributed by atoms with Crippen molar-refractivity contribution in [2.45, 2.75) is 13.3 Å². The second-order valence-corrected chi connectivity index (χ2v) is 3.38. The first-order valence-corrected chi connectivity index (χ1v) is 4.60. The highest BCUT2D eigenvalue weighted by Gasteiger charge is 2.43. The van der Waals surface area contributed by atoms with Gasteiger partial charge in [0.25, 0.3) is 0 Å². The Morgan fingerprint density at radius 2 is 2.31 bits per heavy atom. The molecule has 1 N–H and O–H groups in total. The van der Waals surface area contributed by atoms with Gasteiger partial charge in [-0.2, -0.15) is 0 Å². The number of amides is 1. The number of carbonyl (C=O) groups excluding carboxylic acids is 1. The summed E-state index contributed by atoms with van der Waals surface area (Å²) in [5.41, 5.74) is -0.256. The van der Waals surface area contributed by atoms with Gasteiger partial charge in [-0.1, -0.05) is 6.92 Å². The molecule has 13 heavy (non-hydrogen) atoms. The van der Waals surface area contributed by atoms with Crippen LogP contribution >= 0.6 is 0 Å². The van der Waals surface area contributed by atoms with Crippen LogP contribution in [-0.2, 0) is 14.3 Å². The SMILES string of the molecule is CCC1(C(=O)NCCOC)COC1. The van der Waals surface area contributed by atoms with E-state index in [4.69, 9.17) is 9.47 Å². The van der Waals surface area contributed by atoms with Gasteiger partial charge in [-0.3, -0.25) is 4.79 Å². The van der Waals surface area contributed by atoms with E-state index in [1.807, 2.05) is 6.92 Å². The predicted octanol–water partition coefficient (Wildman–Crippen LogP) is 0.176.